The van der Waals surface area contributed by atoms with Crippen LogP contribution in [0.2, 0.25) is 0 Å². The van der Waals surface area contributed by atoms with Gasteiger partial charge in [-0.25, -0.2) is 9.97 Å². The smallest absolute Gasteiger partial charge is 0.191 e. The van der Waals surface area contributed by atoms with E-state index in [0.29, 0.717) is 17.0 Å². The SMILES string of the molecule is CSc1nc(N)cc(NC(C)C)n1. The Morgan fingerprint density at radius 2 is 2.15 bits per heavy atom. The molecule has 0 fully saturated rings. The summed E-state index contributed by atoms with van der Waals surface area (Å²) in [5.41, 5.74) is 5.61. The highest BCUT2D eigenvalue weighted by atomic mass is 32.2. The molecule has 0 aliphatic rings. The fourth-order valence-corrected chi connectivity index (χ4v) is 1.29. The number of aromatic nitrogens is 2. The van der Waals surface area contributed by atoms with Gasteiger partial charge in [0.1, 0.15) is 11.6 Å². The molecule has 0 unspecified atom stereocenters. The third-order valence-corrected chi connectivity index (χ3v) is 1.89. The van der Waals surface area contributed by atoms with Crippen LogP contribution in [-0.2, 0) is 0 Å². The highest BCUT2D eigenvalue weighted by Crippen LogP contribution is 2.15. The Bertz CT molecular complexity index is 287. The lowest BCUT2D eigenvalue weighted by Gasteiger charge is -2.09. The van der Waals surface area contributed by atoms with Crippen molar-refractivity contribution < 1.29 is 0 Å². The highest BCUT2D eigenvalue weighted by Gasteiger charge is 2.02. The zero-order chi connectivity index (χ0) is 9.84. The molecule has 72 valence electrons. The van der Waals surface area contributed by atoms with Gasteiger partial charge in [0.2, 0.25) is 0 Å². The first-order valence-electron chi connectivity index (χ1n) is 4.07. The van der Waals surface area contributed by atoms with E-state index in [1.807, 2.05) is 6.26 Å². The van der Waals surface area contributed by atoms with Crippen molar-refractivity contribution in [1.29, 1.82) is 0 Å². The number of nitrogens with one attached hydrogen (secondary N) is 1. The quantitative estimate of drug-likeness (QED) is 0.570. The van der Waals surface area contributed by atoms with Crippen molar-refractivity contribution in [2.75, 3.05) is 17.3 Å². The van der Waals surface area contributed by atoms with Gasteiger partial charge in [-0.2, -0.15) is 0 Å². The maximum absolute atomic E-state index is 5.61. The second-order valence-corrected chi connectivity index (χ2v) is 3.74. The first-order chi connectivity index (χ1) is 6.11. The van der Waals surface area contributed by atoms with Crippen LogP contribution in [0.1, 0.15) is 13.8 Å². The van der Waals surface area contributed by atoms with E-state index in [-0.39, 0.29) is 0 Å². The van der Waals surface area contributed by atoms with E-state index in [4.69, 9.17) is 5.73 Å². The van der Waals surface area contributed by atoms with Crippen molar-refractivity contribution >= 4 is 23.4 Å². The molecule has 0 amide bonds. The predicted molar refractivity (Wildman–Crippen MR) is 57.0 cm³/mol. The largest absolute Gasteiger partial charge is 0.383 e. The van der Waals surface area contributed by atoms with Crippen LogP contribution >= 0.6 is 11.8 Å². The van der Waals surface area contributed by atoms with E-state index in [9.17, 15) is 0 Å². The van der Waals surface area contributed by atoms with Crippen molar-refractivity contribution in [3.8, 4) is 0 Å². The molecule has 0 atom stereocenters. The van der Waals surface area contributed by atoms with E-state index < -0.39 is 0 Å². The third-order valence-electron chi connectivity index (χ3n) is 1.34. The van der Waals surface area contributed by atoms with Gasteiger partial charge in [-0.05, 0) is 20.1 Å². The van der Waals surface area contributed by atoms with Crippen LogP contribution < -0.4 is 11.1 Å². The van der Waals surface area contributed by atoms with Crippen molar-refractivity contribution in [3.63, 3.8) is 0 Å². The number of hydrogen-bond acceptors (Lipinski definition) is 5. The van der Waals surface area contributed by atoms with Crippen LogP contribution in [0.3, 0.4) is 0 Å². The number of nitrogens with two attached hydrogens (primary N) is 1. The van der Waals surface area contributed by atoms with Crippen LogP contribution in [0, 0.1) is 0 Å². The van der Waals surface area contributed by atoms with E-state index in [1.54, 1.807) is 6.07 Å². The lowest BCUT2D eigenvalue weighted by molar-refractivity contribution is 0.869. The third kappa shape index (κ3) is 3.10. The Hall–Kier alpha value is -0.970. The summed E-state index contributed by atoms with van der Waals surface area (Å²) in [5.74, 6) is 1.29. The van der Waals surface area contributed by atoms with Crippen molar-refractivity contribution in [3.05, 3.63) is 6.07 Å². The van der Waals surface area contributed by atoms with Gasteiger partial charge in [0, 0.05) is 12.1 Å². The first kappa shape index (κ1) is 10.1. The van der Waals surface area contributed by atoms with Crippen LogP contribution in [0.4, 0.5) is 11.6 Å². The topological polar surface area (TPSA) is 63.8 Å². The van der Waals surface area contributed by atoms with Crippen molar-refractivity contribution in [1.82, 2.24) is 9.97 Å². The Kier molecular flexibility index (Phi) is 3.36. The van der Waals surface area contributed by atoms with Gasteiger partial charge in [0.15, 0.2) is 5.16 Å². The van der Waals surface area contributed by atoms with Gasteiger partial charge in [-0.15, -0.1) is 0 Å². The molecule has 0 saturated carbocycles. The van der Waals surface area contributed by atoms with Crippen LogP contribution in [0.15, 0.2) is 11.2 Å². The second-order valence-electron chi connectivity index (χ2n) is 2.96. The minimum atomic E-state index is 0.351. The molecule has 0 bridgehead atoms. The minimum absolute atomic E-state index is 0.351. The first-order valence-corrected chi connectivity index (χ1v) is 5.29. The molecule has 0 aliphatic carbocycles. The molecule has 5 heteroatoms. The van der Waals surface area contributed by atoms with Crippen molar-refractivity contribution in [2.45, 2.75) is 25.0 Å². The van der Waals surface area contributed by atoms with E-state index >= 15 is 0 Å². The van der Waals surface area contributed by atoms with Crippen LogP contribution in [0.5, 0.6) is 0 Å². The molecule has 1 aromatic heterocycles. The van der Waals surface area contributed by atoms with Crippen LogP contribution in [-0.4, -0.2) is 22.3 Å². The molecule has 0 aliphatic heterocycles. The van der Waals surface area contributed by atoms with Gasteiger partial charge in [0.25, 0.3) is 0 Å². The lowest BCUT2D eigenvalue weighted by atomic mass is 10.4. The molecule has 1 rings (SSSR count). The number of nitrogen functional groups attached to an aromatic ring is 1. The van der Waals surface area contributed by atoms with E-state index in [1.165, 1.54) is 11.8 Å². The van der Waals surface area contributed by atoms with E-state index in [2.05, 4.69) is 29.1 Å². The normalized spacial score (nSPS) is 10.5. The maximum Gasteiger partial charge on any atom is 0.191 e. The molecule has 0 saturated heterocycles. The summed E-state index contributed by atoms with van der Waals surface area (Å²) in [6.45, 7) is 4.11. The standard InChI is InChI=1S/C8H14N4S/c1-5(2)10-7-4-6(9)11-8(12-7)13-3/h4-5H,1-3H3,(H3,9,10,11,12). The molecule has 1 heterocycles. The number of anilines is 2. The summed E-state index contributed by atoms with van der Waals surface area (Å²) in [4.78, 5) is 8.30. The minimum Gasteiger partial charge on any atom is -0.383 e. The Morgan fingerprint density at radius 3 is 2.69 bits per heavy atom. The molecule has 1 aromatic rings. The summed E-state index contributed by atoms with van der Waals surface area (Å²) in [6, 6.07) is 2.09. The van der Waals surface area contributed by atoms with Gasteiger partial charge < -0.3 is 11.1 Å². The molecule has 0 spiro atoms. The zero-order valence-electron chi connectivity index (χ0n) is 8.03. The lowest BCUT2D eigenvalue weighted by Crippen LogP contribution is -2.12. The van der Waals surface area contributed by atoms with Gasteiger partial charge in [0.05, 0.1) is 0 Å². The summed E-state index contributed by atoms with van der Waals surface area (Å²) in [6.07, 6.45) is 1.92. The van der Waals surface area contributed by atoms with Crippen LogP contribution in [0.25, 0.3) is 0 Å². The summed E-state index contributed by atoms with van der Waals surface area (Å²) in [7, 11) is 0. The average molecular weight is 198 g/mol. The maximum atomic E-state index is 5.61. The molecular weight excluding hydrogens is 184 g/mol. The molecule has 4 nitrogen and oxygen atoms in total. The highest BCUT2D eigenvalue weighted by molar-refractivity contribution is 7.98. The van der Waals surface area contributed by atoms with Gasteiger partial charge in [-0.1, -0.05) is 11.8 Å². The molecule has 13 heavy (non-hydrogen) atoms. The predicted octanol–water partition coefficient (Wildman–Crippen LogP) is 1.60. The van der Waals surface area contributed by atoms with Gasteiger partial charge in [-0.3, -0.25) is 0 Å². The molecular formula is C8H14N4S. The Morgan fingerprint density at radius 1 is 1.46 bits per heavy atom. The average Bonchev–Trinajstić information content (AvgIpc) is 2.01. The molecule has 3 N–H and O–H groups in total. The monoisotopic (exact) mass is 198 g/mol. The summed E-state index contributed by atoms with van der Waals surface area (Å²) in [5, 5.41) is 3.87. The zero-order valence-corrected chi connectivity index (χ0v) is 8.85. The summed E-state index contributed by atoms with van der Waals surface area (Å²) >= 11 is 1.48. The summed E-state index contributed by atoms with van der Waals surface area (Å²) < 4.78 is 0. The van der Waals surface area contributed by atoms with E-state index in [0.717, 1.165) is 5.82 Å². The second kappa shape index (κ2) is 4.32. The Labute approximate surface area is 82.3 Å². The number of hydrogen-bond donors (Lipinski definition) is 2. The fraction of sp³-hybridized carbons (Fsp3) is 0.500. The van der Waals surface area contributed by atoms with Gasteiger partial charge >= 0.3 is 0 Å². The number of nitrogens with zero attached hydrogens (tertiary/aromatic N) is 2. The number of thioether (sulfide) groups is 1. The Balaban J connectivity index is 2.88. The molecule has 0 aromatic carbocycles. The molecule has 0 radical (unpaired) electrons. The number of rotatable bonds is 3. The van der Waals surface area contributed by atoms with Crippen molar-refractivity contribution in [2.24, 2.45) is 0 Å². The fourth-order valence-electron chi connectivity index (χ4n) is 0.904.